The van der Waals surface area contributed by atoms with Crippen molar-refractivity contribution in [2.75, 3.05) is 18.8 Å². The van der Waals surface area contributed by atoms with Crippen LogP contribution in [0.5, 0.6) is 0 Å². The average Bonchev–Trinajstić information content (AvgIpc) is 3.21. The molecule has 8 N–H and O–H groups in total. The molecule has 0 saturated heterocycles. The quantitative estimate of drug-likeness (QED) is 0.0824. The molecule has 2 aliphatic carbocycles. The van der Waals surface area contributed by atoms with Crippen molar-refractivity contribution in [1.82, 2.24) is 10.3 Å². The average molecular weight is 618 g/mol. The summed E-state index contributed by atoms with van der Waals surface area (Å²) in [5, 5.41) is 57.5. The fraction of sp³-hybridized carbons (Fsp3) is 0.771. The lowest BCUT2D eigenvalue weighted by Gasteiger charge is -2.30. The number of nitrogen functional groups attached to an aromatic ring is 1. The zero-order valence-corrected chi connectivity index (χ0v) is 27.0. The first-order chi connectivity index (χ1) is 21.1. The molecule has 1 aromatic rings. The summed E-state index contributed by atoms with van der Waals surface area (Å²) >= 11 is 0. The van der Waals surface area contributed by atoms with Crippen LogP contribution >= 0.6 is 0 Å². The number of carboxylic acid groups (broad SMARTS) is 1. The predicted molar refractivity (Wildman–Crippen MR) is 174 cm³/mol. The molecule has 0 spiro atoms. The van der Waals surface area contributed by atoms with E-state index in [2.05, 4.69) is 29.4 Å². The topological polar surface area (TPSA) is 169 Å². The van der Waals surface area contributed by atoms with Gasteiger partial charge in [0.15, 0.2) is 0 Å². The number of carbonyl (C=O) groups is 1. The van der Waals surface area contributed by atoms with Crippen LogP contribution in [0, 0.1) is 29.6 Å². The lowest BCUT2D eigenvalue weighted by Crippen LogP contribution is -2.43. The molecule has 1 fully saturated rings. The second kappa shape index (κ2) is 18.2. The molecule has 0 aliphatic heterocycles. The largest absolute Gasteiger partial charge is 0.481 e. The highest BCUT2D eigenvalue weighted by atomic mass is 16.4. The molecule has 9 atom stereocenters. The van der Waals surface area contributed by atoms with Crippen molar-refractivity contribution in [2.45, 2.75) is 128 Å². The molecule has 1 aromatic heterocycles. The Bertz CT molecular complexity index is 1020. The molecule has 1 heterocycles. The number of aromatic nitrogens is 1. The first-order valence-corrected chi connectivity index (χ1v) is 17.2. The number of aliphatic carboxylic acids is 1. The van der Waals surface area contributed by atoms with Crippen LogP contribution < -0.4 is 11.1 Å². The zero-order valence-electron chi connectivity index (χ0n) is 27.0. The Balaban J connectivity index is 1.47. The van der Waals surface area contributed by atoms with Gasteiger partial charge in [0.2, 0.25) is 0 Å². The molecule has 9 heteroatoms. The fourth-order valence-corrected chi connectivity index (χ4v) is 7.52. The second-order valence-corrected chi connectivity index (χ2v) is 13.6. The van der Waals surface area contributed by atoms with Gasteiger partial charge in [-0.05, 0) is 87.4 Å². The summed E-state index contributed by atoms with van der Waals surface area (Å²) in [4.78, 5) is 16.1. The van der Waals surface area contributed by atoms with Crippen LogP contribution in [0.25, 0.3) is 0 Å². The van der Waals surface area contributed by atoms with E-state index in [-0.39, 0.29) is 36.7 Å². The SMILES string of the molecule is CCCCCC1C=CC(CCCCCC(C(=O)O)C(O)CCC2(O)CC(Cc3ccnc(N)c3)C(CNCC)C2O)C(O)C1. The van der Waals surface area contributed by atoms with Gasteiger partial charge in [0.05, 0.1) is 29.8 Å². The van der Waals surface area contributed by atoms with E-state index in [4.69, 9.17) is 5.73 Å². The van der Waals surface area contributed by atoms with Gasteiger partial charge in [0.1, 0.15) is 5.82 Å². The van der Waals surface area contributed by atoms with Gasteiger partial charge in [-0.25, -0.2) is 4.98 Å². The number of nitrogens with zero attached hydrogens (tertiary/aromatic N) is 1. The zero-order chi connectivity index (χ0) is 32.1. The van der Waals surface area contributed by atoms with Crippen LogP contribution in [0.3, 0.4) is 0 Å². The molecule has 250 valence electrons. The molecule has 9 nitrogen and oxygen atoms in total. The Morgan fingerprint density at radius 1 is 1.11 bits per heavy atom. The summed E-state index contributed by atoms with van der Waals surface area (Å²) < 4.78 is 0. The summed E-state index contributed by atoms with van der Waals surface area (Å²) in [6, 6.07) is 3.71. The molecule has 3 rings (SSSR count). The monoisotopic (exact) mass is 617 g/mol. The summed E-state index contributed by atoms with van der Waals surface area (Å²) in [6.07, 6.45) is 14.2. The van der Waals surface area contributed by atoms with Crippen molar-refractivity contribution >= 4 is 11.8 Å². The molecule has 0 bridgehead atoms. The van der Waals surface area contributed by atoms with Crippen molar-refractivity contribution in [3.05, 3.63) is 36.0 Å². The van der Waals surface area contributed by atoms with Gasteiger partial charge in [0.25, 0.3) is 0 Å². The maximum Gasteiger partial charge on any atom is 0.309 e. The maximum atomic E-state index is 12.1. The summed E-state index contributed by atoms with van der Waals surface area (Å²) in [6.45, 7) is 5.49. The molecule has 2 aliphatic rings. The van der Waals surface area contributed by atoms with E-state index < -0.39 is 29.7 Å². The smallest absolute Gasteiger partial charge is 0.309 e. The van der Waals surface area contributed by atoms with Crippen LogP contribution in [-0.4, -0.2) is 73.5 Å². The predicted octanol–water partition coefficient (Wildman–Crippen LogP) is 4.47. The van der Waals surface area contributed by atoms with E-state index in [1.807, 2.05) is 19.1 Å². The van der Waals surface area contributed by atoms with Gasteiger partial charge in [-0.2, -0.15) is 0 Å². The third-order valence-electron chi connectivity index (χ3n) is 10.2. The second-order valence-electron chi connectivity index (χ2n) is 13.6. The van der Waals surface area contributed by atoms with E-state index in [0.717, 1.165) is 44.2 Å². The molecule has 44 heavy (non-hydrogen) atoms. The van der Waals surface area contributed by atoms with Crippen molar-refractivity contribution in [3.8, 4) is 0 Å². The lowest BCUT2D eigenvalue weighted by atomic mass is 9.81. The number of carboxylic acids is 1. The standard InChI is InChI=1S/C35H59N3O6/c1-3-5-7-10-24-13-14-26(31(40)20-24)11-8-6-9-12-28(34(42)43)30(39)15-17-35(44)22-27(29(33(35)41)23-37-4-2)19-25-16-18-38-32(36)21-25/h13-14,16,18,21,24,26-31,33,37,39-41,44H,3-12,15,17,19-20,22-23H2,1-2H3,(H2,36,38)(H,42,43). The van der Waals surface area contributed by atoms with Crippen LogP contribution in [-0.2, 0) is 11.2 Å². The third-order valence-corrected chi connectivity index (χ3v) is 10.2. The number of nitrogens with one attached hydrogen (secondary N) is 1. The molecule has 0 aromatic carbocycles. The number of nitrogens with two attached hydrogens (primary N) is 1. The minimum Gasteiger partial charge on any atom is -0.481 e. The number of aliphatic hydroxyl groups excluding tert-OH is 3. The Labute approximate surface area is 264 Å². The minimum atomic E-state index is -1.41. The number of hydrogen-bond donors (Lipinski definition) is 7. The first kappa shape index (κ1) is 36.4. The molecule has 0 amide bonds. The van der Waals surface area contributed by atoms with Gasteiger partial charge in [-0.3, -0.25) is 4.79 Å². The van der Waals surface area contributed by atoms with Crippen molar-refractivity contribution in [2.24, 2.45) is 29.6 Å². The van der Waals surface area contributed by atoms with Gasteiger partial charge in [0, 0.05) is 24.6 Å². The lowest BCUT2D eigenvalue weighted by molar-refractivity contribution is -0.147. The molecule has 0 radical (unpaired) electrons. The Hall–Kier alpha value is -2.04. The Kier molecular flexibility index (Phi) is 15.1. The highest BCUT2D eigenvalue weighted by Gasteiger charge is 2.51. The normalized spacial score (nSPS) is 30.0. The Morgan fingerprint density at radius 2 is 1.89 bits per heavy atom. The van der Waals surface area contributed by atoms with Gasteiger partial charge in [-0.1, -0.05) is 64.5 Å². The number of aliphatic hydroxyl groups is 4. The number of pyridine rings is 1. The third kappa shape index (κ3) is 10.8. The fourth-order valence-electron chi connectivity index (χ4n) is 7.52. The van der Waals surface area contributed by atoms with Crippen LogP contribution in [0.1, 0.15) is 103 Å². The van der Waals surface area contributed by atoms with Gasteiger partial charge in [-0.15, -0.1) is 0 Å². The summed E-state index contributed by atoms with van der Waals surface area (Å²) in [5.74, 6) is -1.09. The van der Waals surface area contributed by atoms with E-state index >= 15 is 0 Å². The van der Waals surface area contributed by atoms with Crippen molar-refractivity contribution in [1.29, 1.82) is 0 Å². The van der Waals surface area contributed by atoms with Crippen LogP contribution in [0.15, 0.2) is 30.5 Å². The first-order valence-electron chi connectivity index (χ1n) is 17.2. The van der Waals surface area contributed by atoms with Crippen molar-refractivity contribution < 1.29 is 30.3 Å². The molecule has 1 saturated carbocycles. The summed E-state index contributed by atoms with van der Waals surface area (Å²) in [5.41, 5.74) is 5.45. The number of allylic oxidation sites excluding steroid dienone is 1. The van der Waals surface area contributed by atoms with Crippen LogP contribution in [0.2, 0.25) is 0 Å². The molecular formula is C35H59N3O6. The van der Waals surface area contributed by atoms with Gasteiger partial charge >= 0.3 is 5.97 Å². The molecule has 9 unspecified atom stereocenters. The van der Waals surface area contributed by atoms with E-state index in [1.165, 1.54) is 19.3 Å². The maximum absolute atomic E-state index is 12.1. The minimum absolute atomic E-state index is 0.00673. The van der Waals surface area contributed by atoms with Crippen LogP contribution in [0.4, 0.5) is 5.82 Å². The van der Waals surface area contributed by atoms with Crippen molar-refractivity contribution in [3.63, 3.8) is 0 Å². The summed E-state index contributed by atoms with van der Waals surface area (Å²) in [7, 11) is 0. The molecular weight excluding hydrogens is 558 g/mol. The highest BCUT2D eigenvalue weighted by Crippen LogP contribution is 2.44. The number of rotatable bonds is 20. The number of hydrogen-bond acceptors (Lipinski definition) is 8. The van der Waals surface area contributed by atoms with E-state index in [9.17, 15) is 30.3 Å². The number of anilines is 1. The van der Waals surface area contributed by atoms with E-state index in [1.54, 1.807) is 6.20 Å². The highest BCUT2D eigenvalue weighted by molar-refractivity contribution is 5.70. The number of unbranched alkanes of at least 4 members (excludes halogenated alkanes) is 4. The Morgan fingerprint density at radius 3 is 2.57 bits per heavy atom. The van der Waals surface area contributed by atoms with Gasteiger partial charge < -0.3 is 36.6 Å². The van der Waals surface area contributed by atoms with E-state index in [0.29, 0.717) is 44.0 Å².